The Morgan fingerprint density at radius 2 is 1.44 bits per heavy atom. The molecule has 0 aliphatic carbocycles. The second-order valence-electron chi connectivity index (χ2n) is 3.70. The standard InChI is InChI=1S/C10H16N2O4S2/c1-3-17(13,14)8-6-5-7(11)9(12)10(8)18(15,16)4-2/h5-6H,3-4,11-12H2,1-2H3. The summed E-state index contributed by atoms with van der Waals surface area (Å²) in [4.78, 5) is -0.662. The van der Waals surface area contributed by atoms with Crippen LogP contribution >= 0.6 is 0 Å². The fourth-order valence-electron chi connectivity index (χ4n) is 1.46. The van der Waals surface area contributed by atoms with E-state index in [1.165, 1.54) is 26.0 Å². The quantitative estimate of drug-likeness (QED) is 0.777. The van der Waals surface area contributed by atoms with Crippen LogP contribution in [-0.4, -0.2) is 28.3 Å². The molecular weight excluding hydrogens is 276 g/mol. The molecule has 18 heavy (non-hydrogen) atoms. The molecule has 1 rings (SSSR count). The number of anilines is 2. The van der Waals surface area contributed by atoms with E-state index in [1.54, 1.807) is 0 Å². The second kappa shape index (κ2) is 4.77. The number of hydrogen-bond donors (Lipinski definition) is 2. The lowest BCUT2D eigenvalue weighted by Gasteiger charge is -2.13. The van der Waals surface area contributed by atoms with Gasteiger partial charge >= 0.3 is 0 Å². The molecule has 0 saturated carbocycles. The van der Waals surface area contributed by atoms with E-state index in [0.717, 1.165) is 0 Å². The molecule has 8 heteroatoms. The molecule has 0 aliphatic heterocycles. The molecule has 0 atom stereocenters. The first-order chi connectivity index (χ1) is 8.17. The normalized spacial score (nSPS) is 12.6. The summed E-state index contributed by atoms with van der Waals surface area (Å²) in [5, 5.41) is 0. The van der Waals surface area contributed by atoms with Crippen LogP contribution in [0.4, 0.5) is 11.4 Å². The minimum absolute atomic E-state index is 0.0529. The third kappa shape index (κ3) is 2.44. The zero-order chi connectivity index (χ0) is 14.1. The van der Waals surface area contributed by atoms with Crippen molar-refractivity contribution in [2.75, 3.05) is 23.0 Å². The molecule has 6 nitrogen and oxygen atoms in total. The van der Waals surface area contributed by atoms with E-state index in [4.69, 9.17) is 11.5 Å². The number of sulfone groups is 2. The summed E-state index contributed by atoms with van der Waals surface area (Å²) < 4.78 is 47.7. The van der Waals surface area contributed by atoms with Crippen LogP contribution in [0.3, 0.4) is 0 Å². The van der Waals surface area contributed by atoms with Crippen LogP contribution in [0.5, 0.6) is 0 Å². The van der Waals surface area contributed by atoms with Gasteiger partial charge in [0.15, 0.2) is 19.7 Å². The van der Waals surface area contributed by atoms with Crippen LogP contribution in [-0.2, 0) is 19.7 Å². The molecule has 0 saturated heterocycles. The Hall–Kier alpha value is -1.28. The maximum atomic E-state index is 12.0. The van der Waals surface area contributed by atoms with Crippen molar-refractivity contribution in [3.05, 3.63) is 12.1 Å². The number of nitrogen functional groups attached to an aromatic ring is 2. The van der Waals surface area contributed by atoms with Crippen molar-refractivity contribution in [3.8, 4) is 0 Å². The van der Waals surface area contributed by atoms with Crippen LogP contribution in [0.15, 0.2) is 21.9 Å². The zero-order valence-corrected chi connectivity index (χ0v) is 11.8. The molecular formula is C10H16N2O4S2. The second-order valence-corrected chi connectivity index (χ2v) is 8.16. The van der Waals surface area contributed by atoms with Gasteiger partial charge in [0.2, 0.25) is 0 Å². The molecule has 4 N–H and O–H groups in total. The number of rotatable bonds is 4. The maximum absolute atomic E-state index is 12.0. The van der Waals surface area contributed by atoms with Crippen molar-refractivity contribution in [1.82, 2.24) is 0 Å². The molecule has 1 aromatic carbocycles. The van der Waals surface area contributed by atoms with E-state index in [-0.39, 0.29) is 32.7 Å². The molecule has 1 aromatic rings. The largest absolute Gasteiger partial charge is 0.397 e. The fraction of sp³-hybridized carbons (Fsp3) is 0.400. The van der Waals surface area contributed by atoms with Crippen molar-refractivity contribution < 1.29 is 16.8 Å². The van der Waals surface area contributed by atoms with Crippen LogP contribution < -0.4 is 11.5 Å². The minimum Gasteiger partial charge on any atom is -0.397 e. The number of nitrogens with two attached hydrogens (primary N) is 2. The van der Waals surface area contributed by atoms with Gasteiger partial charge < -0.3 is 11.5 Å². The molecule has 0 heterocycles. The third-order valence-corrected chi connectivity index (χ3v) is 6.32. The Balaban J connectivity index is 3.83. The molecule has 0 bridgehead atoms. The first kappa shape index (κ1) is 14.8. The topological polar surface area (TPSA) is 120 Å². The Kier molecular flexibility index (Phi) is 3.92. The smallest absolute Gasteiger partial charge is 0.181 e. The summed E-state index contributed by atoms with van der Waals surface area (Å²) in [6.07, 6.45) is 0. The van der Waals surface area contributed by atoms with Gasteiger partial charge in [-0.15, -0.1) is 0 Å². The highest BCUT2D eigenvalue weighted by molar-refractivity contribution is 7.94. The lowest BCUT2D eigenvalue weighted by Crippen LogP contribution is -2.16. The predicted octanol–water partition coefficient (Wildman–Crippen LogP) is 0.438. The number of hydrogen-bond acceptors (Lipinski definition) is 6. The lowest BCUT2D eigenvalue weighted by atomic mass is 10.3. The van der Waals surface area contributed by atoms with Gasteiger partial charge in [0.05, 0.1) is 27.8 Å². The SMILES string of the molecule is CCS(=O)(=O)c1ccc(N)c(N)c1S(=O)(=O)CC. The Bertz CT molecular complexity index is 663. The van der Waals surface area contributed by atoms with Gasteiger partial charge in [-0.05, 0) is 12.1 Å². The summed E-state index contributed by atoms with van der Waals surface area (Å²) >= 11 is 0. The highest BCUT2D eigenvalue weighted by Crippen LogP contribution is 2.32. The molecule has 0 aliphatic rings. The summed E-state index contributed by atoms with van der Waals surface area (Å²) in [6.45, 7) is 2.85. The fourth-order valence-corrected chi connectivity index (χ4v) is 4.32. The zero-order valence-electron chi connectivity index (χ0n) is 10.2. The van der Waals surface area contributed by atoms with Crippen molar-refractivity contribution >= 4 is 31.0 Å². The molecule has 0 amide bonds. The third-order valence-electron chi connectivity index (χ3n) is 2.60. The highest BCUT2D eigenvalue weighted by atomic mass is 32.2. The molecule has 0 aromatic heterocycles. The van der Waals surface area contributed by atoms with Gasteiger partial charge in [0.25, 0.3) is 0 Å². The summed E-state index contributed by atoms with van der Waals surface area (Å²) in [5.74, 6) is -0.449. The van der Waals surface area contributed by atoms with Gasteiger partial charge in [-0.2, -0.15) is 0 Å². The molecule has 102 valence electrons. The predicted molar refractivity (Wildman–Crippen MR) is 70.7 cm³/mol. The average molecular weight is 292 g/mol. The van der Waals surface area contributed by atoms with E-state index in [2.05, 4.69) is 0 Å². The Morgan fingerprint density at radius 3 is 1.89 bits per heavy atom. The van der Waals surface area contributed by atoms with E-state index >= 15 is 0 Å². The van der Waals surface area contributed by atoms with Crippen molar-refractivity contribution in [3.63, 3.8) is 0 Å². The summed E-state index contributed by atoms with van der Waals surface area (Å²) in [5.41, 5.74) is 11.0. The molecule has 0 spiro atoms. The van der Waals surface area contributed by atoms with E-state index in [9.17, 15) is 16.8 Å². The van der Waals surface area contributed by atoms with E-state index in [1.807, 2.05) is 0 Å². The van der Waals surface area contributed by atoms with Gasteiger partial charge in [0.1, 0.15) is 4.90 Å². The Labute approximate surface area is 107 Å². The maximum Gasteiger partial charge on any atom is 0.181 e. The van der Waals surface area contributed by atoms with Gasteiger partial charge in [-0.25, -0.2) is 16.8 Å². The molecule has 0 fully saturated rings. The lowest BCUT2D eigenvalue weighted by molar-refractivity contribution is 0.584. The summed E-state index contributed by atoms with van der Waals surface area (Å²) in [7, 11) is -7.44. The molecule has 0 radical (unpaired) electrons. The van der Waals surface area contributed by atoms with Crippen molar-refractivity contribution in [2.24, 2.45) is 0 Å². The monoisotopic (exact) mass is 292 g/mol. The van der Waals surface area contributed by atoms with Crippen LogP contribution in [0.2, 0.25) is 0 Å². The Morgan fingerprint density at radius 1 is 0.944 bits per heavy atom. The van der Waals surface area contributed by atoms with Crippen molar-refractivity contribution in [2.45, 2.75) is 23.6 Å². The van der Waals surface area contributed by atoms with Crippen LogP contribution in [0, 0.1) is 0 Å². The van der Waals surface area contributed by atoms with Crippen molar-refractivity contribution in [1.29, 1.82) is 0 Å². The van der Waals surface area contributed by atoms with Gasteiger partial charge in [0, 0.05) is 0 Å². The van der Waals surface area contributed by atoms with Gasteiger partial charge in [-0.1, -0.05) is 13.8 Å². The highest BCUT2D eigenvalue weighted by Gasteiger charge is 2.27. The van der Waals surface area contributed by atoms with Crippen LogP contribution in [0.1, 0.15) is 13.8 Å². The first-order valence-electron chi connectivity index (χ1n) is 5.30. The van der Waals surface area contributed by atoms with Gasteiger partial charge in [-0.3, -0.25) is 0 Å². The summed E-state index contributed by atoms with van der Waals surface area (Å²) in [6, 6.07) is 2.49. The first-order valence-corrected chi connectivity index (χ1v) is 8.61. The van der Waals surface area contributed by atoms with E-state index in [0.29, 0.717) is 0 Å². The molecule has 0 unspecified atom stereocenters. The van der Waals surface area contributed by atoms with Crippen LogP contribution in [0.25, 0.3) is 0 Å². The average Bonchev–Trinajstić information content (AvgIpc) is 2.31. The number of benzene rings is 1. The van der Waals surface area contributed by atoms with E-state index < -0.39 is 19.7 Å². The minimum atomic E-state index is -3.76.